The number of phenolic OH excluding ortho intramolecular Hbond substituents is 1. The van der Waals surface area contributed by atoms with E-state index in [0.29, 0.717) is 47.5 Å². The van der Waals surface area contributed by atoms with Crippen LogP contribution in [0.25, 0.3) is 18.2 Å². The number of carboxylic acid groups (broad SMARTS) is 4. The van der Waals surface area contributed by atoms with Crippen molar-refractivity contribution in [2.24, 2.45) is 23.1 Å². The van der Waals surface area contributed by atoms with Crippen LogP contribution in [0.4, 0.5) is 0 Å². The Morgan fingerprint density at radius 3 is 1.03 bits per heavy atom. The van der Waals surface area contributed by atoms with E-state index >= 15 is 0 Å². The number of benzene rings is 4. The smallest absolute Gasteiger partial charge is 0.303 e. The predicted molar refractivity (Wildman–Crippen MR) is 380 cm³/mol. The van der Waals surface area contributed by atoms with Crippen LogP contribution in [0, 0.1) is 5.92 Å². The average molecular weight is 1490 g/mol. The summed E-state index contributed by atoms with van der Waals surface area (Å²) in [6, 6.07) is 17.4. The van der Waals surface area contributed by atoms with Gasteiger partial charge in [-0.3, -0.25) is 91.1 Å². The Kier molecular flexibility index (Phi) is 40.4. The largest absolute Gasteiger partial charge is 0.508 e. The number of amides is 12. The molecule has 0 aliphatic heterocycles. The molecule has 0 aliphatic carbocycles. The fourth-order valence-electron chi connectivity index (χ4n) is 9.00. The fraction of sp³-hybridized carbons (Fsp3) is 0.310. The van der Waals surface area contributed by atoms with Crippen LogP contribution < -0.4 is 65.1 Å². The van der Waals surface area contributed by atoms with Crippen LogP contribution in [0.2, 0.25) is 0 Å². The molecule has 6 atom stereocenters. The summed E-state index contributed by atoms with van der Waals surface area (Å²) in [7, 11) is 0. The highest BCUT2D eigenvalue weighted by Crippen LogP contribution is 2.15. The van der Waals surface area contributed by atoms with Gasteiger partial charge in [0.15, 0.2) is 0 Å². The van der Waals surface area contributed by atoms with Gasteiger partial charge >= 0.3 is 23.9 Å². The number of carboxylic acids is 4. The number of aliphatic carboxylic acids is 4. The maximum atomic E-state index is 13.0. The Labute approximate surface area is 611 Å². The summed E-state index contributed by atoms with van der Waals surface area (Å²) >= 11 is 0. The molecule has 107 heavy (non-hydrogen) atoms. The van der Waals surface area contributed by atoms with Gasteiger partial charge in [0.25, 0.3) is 17.7 Å². The number of carbonyl (C=O) groups is 19. The van der Waals surface area contributed by atoms with Crippen LogP contribution in [-0.2, 0) is 83.1 Å². The van der Waals surface area contributed by atoms with Crippen LogP contribution in [0.1, 0.15) is 125 Å². The zero-order chi connectivity index (χ0) is 80.1. The number of allylic oxidation sites excluding steroid dienone is 3. The third-order valence-electron chi connectivity index (χ3n) is 14.5. The topological polar surface area (TPSA) is 612 Å². The molecule has 572 valence electrons. The first-order chi connectivity index (χ1) is 50.6. The highest BCUT2D eigenvalue weighted by atomic mass is 16.4. The summed E-state index contributed by atoms with van der Waals surface area (Å²) in [6.45, 7) is 2.20. The second kappa shape index (κ2) is 48.3. The molecule has 0 radical (unpaired) electrons. The molecule has 0 unspecified atom stereocenters. The first-order valence-electron chi connectivity index (χ1n) is 32.5. The highest BCUT2D eigenvalue weighted by Gasteiger charge is 2.30. The summed E-state index contributed by atoms with van der Waals surface area (Å²) in [4.78, 5) is 221. The second-order valence-corrected chi connectivity index (χ2v) is 23.4. The third kappa shape index (κ3) is 37.8. The van der Waals surface area contributed by atoms with Crippen molar-refractivity contribution >= 4 is 132 Å². The van der Waals surface area contributed by atoms with Crippen molar-refractivity contribution in [1.29, 1.82) is 0 Å². The molecule has 4 aromatic rings. The number of aldehydes is 3. The third-order valence-corrected chi connectivity index (χ3v) is 14.5. The first kappa shape index (κ1) is 89.5. The van der Waals surface area contributed by atoms with E-state index in [1.807, 2.05) is 13.8 Å². The van der Waals surface area contributed by atoms with Crippen molar-refractivity contribution in [3.05, 3.63) is 154 Å². The second-order valence-electron chi connectivity index (χ2n) is 23.4. The molecule has 0 saturated carbocycles. The molecule has 4 rings (SSSR count). The van der Waals surface area contributed by atoms with E-state index in [0.717, 1.165) is 5.56 Å². The van der Waals surface area contributed by atoms with Gasteiger partial charge in [-0.2, -0.15) is 0 Å². The SMILES string of the molecule is CC(C)C[C@H](NC(=O)[C@H](Cc1ccc(O)cc1)NC(=O)CNC(=O)c1ccc(/C=C/C=O)cc1)C(N)=O.NC(=O)[C@H](CCC(=O)O)NC(=O)CNC(=O)[C@H](CCC(=O)O)NC(=O)c1ccc(/C=C/C=O)cc1.NC(=O)[C@H](CCC(=O)O)NC(=O)[C@H](CCC(=O)O)NC(=O)CNC(=O)c1ccc(/C=C/C=O)cc1. The molecule has 0 bridgehead atoms. The van der Waals surface area contributed by atoms with Crippen molar-refractivity contribution < 1.29 is 117 Å². The quantitative estimate of drug-likeness (QED) is 0.0181. The van der Waals surface area contributed by atoms with Gasteiger partial charge in [0.1, 0.15) is 60.9 Å². The molecule has 0 heterocycles. The number of nitrogens with two attached hydrogens (primary N) is 3. The molecule has 20 N–H and O–H groups in total. The van der Waals surface area contributed by atoms with Gasteiger partial charge in [-0.1, -0.05) is 80.6 Å². The molecule has 0 aliphatic rings. The number of carbonyl (C=O) groups excluding carboxylic acids is 15. The van der Waals surface area contributed by atoms with Gasteiger partial charge in [0.05, 0.1) is 19.6 Å². The minimum absolute atomic E-state index is 0.0509. The minimum Gasteiger partial charge on any atom is -0.508 e. The number of primary amides is 3. The lowest BCUT2D eigenvalue weighted by molar-refractivity contribution is -0.139. The Hall–Kier alpha value is -13.6. The van der Waals surface area contributed by atoms with Crippen molar-refractivity contribution in [3.63, 3.8) is 0 Å². The van der Waals surface area contributed by atoms with E-state index in [1.54, 1.807) is 66.7 Å². The summed E-state index contributed by atoms with van der Waals surface area (Å²) < 4.78 is 0. The lowest BCUT2D eigenvalue weighted by atomic mass is 10.0. The van der Waals surface area contributed by atoms with E-state index < -0.39 is 176 Å². The monoisotopic (exact) mass is 1490 g/mol. The number of aromatic hydroxyl groups is 1. The van der Waals surface area contributed by atoms with Gasteiger partial charge in [-0.15, -0.1) is 0 Å². The standard InChI is InChI=1S/C27H32N4O6.2C22H26N4O9/c1-17(2)14-22(25(28)35)31-27(37)23(15-19-7-11-21(33)12-8-19)30-24(34)16-29-26(36)20-9-5-18(6-10-20)4-3-13-32;23-20(33)15(7-9-18(29)30)25-17(28)12-24-22(35)16(8-10-19(31)32)26-21(34)14-5-3-13(4-6-14)2-1-11-27;23-20(33)15(7-9-18(29)30)26-22(35)16(8-10-19(31)32)25-17(28)12-24-21(34)14-5-3-13(4-6-14)2-1-11-27/h3-13,17,22-23,33H,14-16H2,1-2H3,(H2,28,35)(H,29,36)(H,30,34)(H,31,37);1-6,11,15-16H,7-10,12H2,(H2,23,33)(H,24,35)(H,25,28)(H,26,34)(H,29,30)(H,31,32);1-6,11,15-16H,7-10,12H2,(H2,23,33)(H,24,34)(H,25,28)(H,26,35)(H,29,30)(H,31,32)/b4-3+;2*2-1+/t22-,23-;2*15-,16-/m000/s1. The van der Waals surface area contributed by atoms with Gasteiger partial charge in [0, 0.05) is 48.8 Å². The van der Waals surface area contributed by atoms with Crippen LogP contribution >= 0.6 is 0 Å². The number of phenols is 1. The summed E-state index contributed by atoms with van der Waals surface area (Å²) in [6.07, 6.45) is 7.84. The van der Waals surface area contributed by atoms with Crippen molar-refractivity contribution in [2.45, 2.75) is 114 Å². The highest BCUT2D eigenvalue weighted by molar-refractivity contribution is 6.01. The molecule has 0 saturated heterocycles. The summed E-state index contributed by atoms with van der Waals surface area (Å²) in [5.74, 6) is -13.8. The zero-order valence-electron chi connectivity index (χ0n) is 57.9. The molecule has 12 amide bonds. The predicted octanol–water partition coefficient (Wildman–Crippen LogP) is -1.30. The number of nitrogens with one attached hydrogen (secondary N) is 9. The Morgan fingerprint density at radius 1 is 0.364 bits per heavy atom. The van der Waals surface area contributed by atoms with Crippen molar-refractivity contribution in [1.82, 2.24) is 47.9 Å². The molecule has 36 nitrogen and oxygen atoms in total. The number of hydrogen-bond donors (Lipinski definition) is 17. The molecular weight excluding hydrogens is 1400 g/mol. The van der Waals surface area contributed by atoms with Crippen LogP contribution in [0.5, 0.6) is 5.75 Å². The Balaban J connectivity index is 0.000000545. The summed E-state index contributed by atoms with van der Waals surface area (Å²) in [5.41, 5.74) is 19.2. The van der Waals surface area contributed by atoms with Crippen molar-refractivity contribution in [3.8, 4) is 5.75 Å². The first-order valence-corrected chi connectivity index (χ1v) is 32.5. The van der Waals surface area contributed by atoms with Crippen molar-refractivity contribution in [2.75, 3.05) is 19.6 Å². The van der Waals surface area contributed by atoms with E-state index in [1.165, 1.54) is 66.8 Å². The fourth-order valence-corrected chi connectivity index (χ4v) is 9.00. The van der Waals surface area contributed by atoms with E-state index in [4.69, 9.17) is 37.6 Å². The molecule has 36 heteroatoms. The van der Waals surface area contributed by atoms with E-state index in [9.17, 15) is 96.2 Å². The van der Waals surface area contributed by atoms with Gasteiger partial charge in [-0.25, -0.2) is 0 Å². The number of hydrogen-bond acceptors (Lipinski definition) is 20. The summed E-state index contributed by atoms with van der Waals surface area (Å²) in [5, 5.41) is 66.2. The van der Waals surface area contributed by atoms with Gasteiger partial charge < -0.3 is 90.6 Å². The van der Waals surface area contributed by atoms with Crippen LogP contribution in [0.3, 0.4) is 0 Å². The average Bonchev–Trinajstić information content (AvgIpc) is 0.878. The van der Waals surface area contributed by atoms with E-state index in [2.05, 4.69) is 47.9 Å². The zero-order valence-corrected chi connectivity index (χ0v) is 57.9. The lowest BCUT2D eigenvalue weighted by Crippen LogP contribution is -2.55. The Morgan fingerprint density at radius 2 is 0.673 bits per heavy atom. The maximum Gasteiger partial charge on any atom is 0.303 e. The van der Waals surface area contributed by atoms with Crippen LogP contribution in [0.15, 0.2) is 115 Å². The lowest BCUT2D eigenvalue weighted by Gasteiger charge is -2.23. The van der Waals surface area contributed by atoms with Crippen LogP contribution in [-0.4, -0.2) is 195 Å². The van der Waals surface area contributed by atoms with E-state index in [-0.39, 0.29) is 54.9 Å². The maximum absolute atomic E-state index is 13.0. The molecule has 0 fully saturated rings. The Bertz CT molecular complexity index is 3900. The number of rotatable bonds is 43. The minimum atomic E-state index is -1.38. The van der Waals surface area contributed by atoms with Gasteiger partial charge in [-0.05, 0) is 127 Å². The molecule has 4 aromatic carbocycles. The molecule has 0 spiro atoms. The van der Waals surface area contributed by atoms with Gasteiger partial charge in [0.2, 0.25) is 53.2 Å². The molecular formula is C71H84N12O24. The molecule has 0 aromatic heterocycles. The normalized spacial score (nSPS) is 12.3.